The van der Waals surface area contributed by atoms with Crippen molar-refractivity contribution in [3.05, 3.63) is 93.5 Å². The zero-order valence-electron chi connectivity index (χ0n) is 21.3. The Morgan fingerprint density at radius 3 is 2.68 bits per heavy atom. The number of fused-ring (bicyclic) bond motifs is 1. The van der Waals surface area contributed by atoms with Crippen LogP contribution in [0.25, 0.3) is 0 Å². The van der Waals surface area contributed by atoms with E-state index in [2.05, 4.69) is 21.3 Å². The molecule has 2 N–H and O–H groups in total. The number of halogens is 2. The smallest absolute Gasteiger partial charge is 0.254 e. The summed E-state index contributed by atoms with van der Waals surface area (Å²) >= 11 is 5.97. The van der Waals surface area contributed by atoms with Gasteiger partial charge in [-0.2, -0.15) is 0 Å². The number of rotatable bonds is 5. The number of benzene rings is 2. The number of nitrogens with zero attached hydrogens (tertiary/aromatic N) is 2. The van der Waals surface area contributed by atoms with Crippen molar-refractivity contribution >= 4 is 23.4 Å². The first-order chi connectivity index (χ1) is 18.4. The largest absolute Gasteiger partial charge is 0.364 e. The fourth-order valence-corrected chi connectivity index (χ4v) is 6.56. The summed E-state index contributed by atoms with van der Waals surface area (Å²) in [6.07, 6.45) is 6.75. The highest BCUT2D eigenvalue weighted by Crippen LogP contribution is 2.41. The van der Waals surface area contributed by atoms with Crippen LogP contribution in [-0.4, -0.2) is 52.8 Å². The molecule has 1 aromatic heterocycles. The van der Waals surface area contributed by atoms with Crippen LogP contribution in [0.4, 0.5) is 4.39 Å². The van der Waals surface area contributed by atoms with Crippen molar-refractivity contribution in [3.63, 3.8) is 0 Å². The lowest BCUT2D eigenvalue weighted by Crippen LogP contribution is -2.42. The van der Waals surface area contributed by atoms with E-state index in [4.69, 9.17) is 11.6 Å². The standard InChI is InChI=1S/C30H32ClFN4O2/c31-22-6-7-26(32)25(17-22)28(37)34-27-8-5-20-3-4-21(16-24(20)27)29(38)36-15-11-30(19-36)9-13-35(14-10-30)18-23-2-1-12-33-23/h1-4,6-7,12,16-17,27,33H,5,8-11,13-15,18-19H2,(H,34,37). The maximum atomic E-state index is 14.2. The van der Waals surface area contributed by atoms with Gasteiger partial charge in [-0.25, -0.2) is 4.39 Å². The Balaban J connectivity index is 1.10. The number of aromatic amines is 1. The third-order valence-electron chi connectivity index (χ3n) is 8.65. The minimum Gasteiger partial charge on any atom is -0.364 e. The fourth-order valence-electron chi connectivity index (χ4n) is 6.38. The first-order valence-corrected chi connectivity index (χ1v) is 13.8. The van der Waals surface area contributed by atoms with Crippen LogP contribution in [0.1, 0.15) is 69.3 Å². The zero-order chi connectivity index (χ0) is 26.3. The third kappa shape index (κ3) is 4.97. The van der Waals surface area contributed by atoms with Crippen LogP contribution < -0.4 is 5.32 Å². The molecule has 0 saturated carbocycles. The first kappa shape index (κ1) is 25.1. The Morgan fingerprint density at radius 2 is 1.89 bits per heavy atom. The van der Waals surface area contributed by atoms with E-state index in [1.165, 1.54) is 23.9 Å². The first-order valence-electron chi connectivity index (χ1n) is 13.4. The van der Waals surface area contributed by atoms with Gasteiger partial charge in [0.05, 0.1) is 11.6 Å². The van der Waals surface area contributed by atoms with Crippen LogP contribution >= 0.6 is 11.6 Å². The van der Waals surface area contributed by atoms with E-state index in [1.54, 1.807) is 0 Å². The lowest BCUT2D eigenvalue weighted by molar-refractivity contribution is 0.0712. The lowest BCUT2D eigenvalue weighted by atomic mass is 9.78. The van der Waals surface area contributed by atoms with Gasteiger partial charge in [0, 0.05) is 42.1 Å². The molecular weight excluding hydrogens is 503 g/mol. The van der Waals surface area contributed by atoms with Crippen LogP contribution in [0.15, 0.2) is 54.7 Å². The molecule has 6 nitrogen and oxygen atoms in total. The SMILES string of the molecule is O=C(NC1CCc2ccc(C(=O)N3CCC4(CCN(Cc5ccc[nH]5)CC4)C3)cc21)c1cc(Cl)ccc1F. The second kappa shape index (κ2) is 10.2. The quantitative estimate of drug-likeness (QED) is 0.463. The average Bonchev–Trinajstić information content (AvgIpc) is 3.68. The summed E-state index contributed by atoms with van der Waals surface area (Å²) in [5.41, 5.74) is 4.09. The molecule has 2 fully saturated rings. The van der Waals surface area contributed by atoms with Crippen molar-refractivity contribution in [1.29, 1.82) is 0 Å². The van der Waals surface area contributed by atoms with E-state index in [0.29, 0.717) is 17.0 Å². The summed E-state index contributed by atoms with van der Waals surface area (Å²) in [6, 6.07) is 13.7. The third-order valence-corrected chi connectivity index (χ3v) is 8.88. The summed E-state index contributed by atoms with van der Waals surface area (Å²) in [5.74, 6) is -1.05. The number of hydrogen-bond acceptors (Lipinski definition) is 3. The molecule has 1 spiro atoms. The number of carbonyl (C=O) groups is 2. The van der Waals surface area contributed by atoms with Gasteiger partial charge in [-0.3, -0.25) is 14.5 Å². The number of nitrogens with one attached hydrogen (secondary N) is 2. The van der Waals surface area contributed by atoms with Crippen molar-refractivity contribution < 1.29 is 14.0 Å². The van der Waals surface area contributed by atoms with Gasteiger partial charge in [-0.15, -0.1) is 0 Å². The number of amides is 2. The average molecular weight is 535 g/mol. The number of hydrogen-bond donors (Lipinski definition) is 2. The monoisotopic (exact) mass is 534 g/mol. The molecule has 2 aromatic carbocycles. The van der Waals surface area contributed by atoms with Gasteiger partial charge in [0.2, 0.25) is 0 Å². The Hall–Kier alpha value is -3.16. The molecule has 38 heavy (non-hydrogen) atoms. The predicted molar refractivity (Wildman–Crippen MR) is 145 cm³/mol. The van der Waals surface area contributed by atoms with E-state index in [1.807, 2.05) is 35.4 Å². The molecule has 3 aliphatic rings. The summed E-state index contributed by atoms with van der Waals surface area (Å²) in [6.45, 7) is 4.62. The van der Waals surface area contributed by atoms with Gasteiger partial charge in [-0.1, -0.05) is 17.7 Å². The Bertz CT molecular complexity index is 1350. The van der Waals surface area contributed by atoms with Gasteiger partial charge in [0.15, 0.2) is 0 Å². The molecule has 1 unspecified atom stereocenters. The van der Waals surface area contributed by atoms with E-state index >= 15 is 0 Å². The molecule has 1 aliphatic carbocycles. The van der Waals surface area contributed by atoms with Crippen molar-refractivity contribution in [1.82, 2.24) is 20.1 Å². The summed E-state index contributed by atoms with van der Waals surface area (Å²) < 4.78 is 14.2. The molecule has 2 saturated heterocycles. The van der Waals surface area contributed by atoms with E-state index < -0.39 is 11.7 Å². The number of aryl methyl sites for hydroxylation is 1. The minimum absolute atomic E-state index is 0.0522. The molecule has 1 atom stereocenters. The molecule has 0 radical (unpaired) electrons. The highest BCUT2D eigenvalue weighted by molar-refractivity contribution is 6.31. The van der Waals surface area contributed by atoms with E-state index in [9.17, 15) is 14.0 Å². The molecule has 6 rings (SSSR count). The summed E-state index contributed by atoms with van der Waals surface area (Å²) in [7, 11) is 0. The van der Waals surface area contributed by atoms with E-state index in [0.717, 1.165) is 69.5 Å². The van der Waals surface area contributed by atoms with Crippen LogP contribution in [0.5, 0.6) is 0 Å². The van der Waals surface area contributed by atoms with Crippen LogP contribution in [0.3, 0.4) is 0 Å². The topological polar surface area (TPSA) is 68.4 Å². The normalized spacial score (nSPS) is 20.6. The number of aromatic nitrogens is 1. The highest BCUT2D eigenvalue weighted by atomic mass is 35.5. The maximum Gasteiger partial charge on any atom is 0.254 e. The second-order valence-corrected chi connectivity index (χ2v) is 11.5. The van der Waals surface area contributed by atoms with Gasteiger partial charge >= 0.3 is 0 Å². The second-order valence-electron chi connectivity index (χ2n) is 11.1. The molecule has 3 heterocycles. The number of H-pyrrole nitrogens is 1. The Morgan fingerprint density at radius 1 is 1.08 bits per heavy atom. The minimum atomic E-state index is -0.604. The van der Waals surface area contributed by atoms with Crippen LogP contribution in [0, 0.1) is 11.2 Å². The predicted octanol–water partition coefficient (Wildman–Crippen LogP) is 5.35. The van der Waals surface area contributed by atoms with Gasteiger partial charge in [-0.05, 0) is 104 Å². The maximum absolute atomic E-state index is 14.2. The van der Waals surface area contributed by atoms with Gasteiger partial charge in [0.25, 0.3) is 11.8 Å². The zero-order valence-corrected chi connectivity index (χ0v) is 22.1. The molecule has 0 bridgehead atoms. The molecule has 2 aliphatic heterocycles. The van der Waals surface area contributed by atoms with Crippen molar-refractivity contribution in [2.24, 2.45) is 5.41 Å². The highest BCUT2D eigenvalue weighted by Gasteiger charge is 2.42. The van der Waals surface area contributed by atoms with E-state index in [-0.39, 0.29) is 22.9 Å². The van der Waals surface area contributed by atoms with Crippen molar-refractivity contribution in [2.75, 3.05) is 26.2 Å². The Kier molecular flexibility index (Phi) is 6.74. The number of likely N-dealkylation sites (tertiary alicyclic amines) is 2. The summed E-state index contributed by atoms with van der Waals surface area (Å²) in [4.78, 5) is 34.1. The van der Waals surface area contributed by atoms with Crippen LogP contribution in [-0.2, 0) is 13.0 Å². The van der Waals surface area contributed by atoms with Crippen LogP contribution in [0.2, 0.25) is 5.02 Å². The number of carbonyl (C=O) groups excluding carboxylic acids is 2. The molecule has 2 amide bonds. The summed E-state index contributed by atoms with van der Waals surface area (Å²) in [5, 5.41) is 3.26. The Labute approximate surface area is 227 Å². The lowest BCUT2D eigenvalue weighted by Gasteiger charge is -2.39. The number of piperidine rings is 1. The van der Waals surface area contributed by atoms with Crippen molar-refractivity contribution in [2.45, 2.75) is 44.7 Å². The van der Waals surface area contributed by atoms with Crippen molar-refractivity contribution in [3.8, 4) is 0 Å². The van der Waals surface area contributed by atoms with Gasteiger partial charge in [0.1, 0.15) is 5.82 Å². The fraction of sp³-hybridized carbons (Fsp3) is 0.400. The van der Waals surface area contributed by atoms with Gasteiger partial charge < -0.3 is 15.2 Å². The molecule has 8 heteroatoms. The molecule has 198 valence electrons. The molecular formula is C30H32ClFN4O2. The molecule has 3 aromatic rings.